The van der Waals surface area contributed by atoms with E-state index in [2.05, 4.69) is 39.1 Å². The van der Waals surface area contributed by atoms with Crippen molar-refractivity contribution in [2.75, 3.05) is 0 Å². The number of hydrogen-bond donors (Lipinski definition) is 1. The van der Waals surface area contributed by atoms with Gasteiger partial charge >= 0.3 is 12.1 Å². The smallest absolute Gasteiger partial charge is 0.343 e. The van der Waals surface area contributed by atoms with Gasteiger partial charge in [-0.2, -0.15) is 18.4 Å². The zero-order valence-electron chi connectivity index (χ0n) is 25.8. The van der Waals surface area contributed by atoms with Crippen molar-refractivity contribution in [1.29, 1.82) is 5.26 Å². The Morgan fingerprint density at radius 3 is 2.12 bits per heavy atom. The Bertz CT molecular complexity index is 1270. The van der Waals surface area contributed by atoms with Gasteiger partial charge in [0.1, 0.15) is 6.07 Å². The van der Waals surface area contributed by atoms with E-state index in [0.717, 1.165) is 24.8 Å². The number of nitrogens with one attached hydrogen (secondary N) is 1. The minimum atomic E-state index is -4.98. The molecular formula is C33H45F3N2O3. The number of Topliss-reactive ketones (excluding diaryl/α,β-unsaturated/α-hetero) is 1. The zero-order chi connectivity index (χ0) is 31.0. The van der Waals surface area contributed by atoms with Crippen molar-refractivity contribution in [3.05, 3.63) is 23.3 Å². The Labute approximate surface area is 242 Å². The number of nitriles is 1. The lowest BCUT2D eigenvalue weighted by Crippen LogP contribution is -2.61. The van der Waals surface area contributed by atoms with E-state index in [-0.39, 0.29) is 34.4 Å². The summed E-state index contributed by atoms with van der Waals surface area (Å²) in [5.74, 6) is -2.51. The first kappa shape index (κ1) is 31.5. The van der Waals surface area contributed by atoms with Crippen molar-refractivity contribution in [2.24, 2.45) is 38.9 Å². The van der Waals surface area contributed by atoms with Crippen LogP contribution >= 0.6 is 0 Å². The predicted molar refractivity (Wildman–Crippen MR) is 150 cm³/mol. The normalized spacial score (nSPS) is 40.5. The largest absolute Gasteiger partial charge is 0.471 e. The summed E-state index contributed by atoms with van der Waals surface area (Å²) in [5.41, 5.74) is -2.85. The quantitative estimate of drug-likeness (QED) is 0.353. The molecule has 8 heteroatoms. The molecule has 0 aromatic heterocycles. The minimum Gasteiger partial charge on any atom is -0.343 e. The van der Waals surface area contributed by atoms with E-state index in [4.69, 9.17) is 0 Å². The standard InChI is InChI=1S/C33H45F3N2O3/c1-27(2)11-9-21-22(39)17-24-30(6)18-20(19-37)25(40)28(3,4)23(30)10-12-32(24,8)31(21,7)16-15-29(5,14-13-27)38-26(41)33(34,35)36/h17-18,21,23H,9-16H2,1-8H3,(H,38,41)/t21?,23-,29-,30-,31+,32+/m0/s1. The van der Waals surface area contributed by atoms with E-state index in [1.54, 1.807) is 19.1 Å². The molecule has 41 heavy (non-hydrogen) atoms. The number of alkyl halides is 3. The number of fused-ring (bicyclic) bond motifs is 5. The lowest BCUT2D eigenvalue weighted by Gasteiger charge is -2.65. The van der Waals surface area contributed by atoms with Gasteiger partial charge in [0.2, 0.25) is 0 Å². The minimum absolute atomic E-state index is 0.0147. The highest BCUT2D eigenvalue weighted by atomic mass is 19.4. The number of halogens is 3. The summed E-state index contributed by atoms with van der Waals surface area (Å²) in [6.45, 7) is 16.0. The molecule has 4 rings (SSSR count). The fourth-order valence-corrected chi connectivity index (χ4v) is 9.06. The van der Waals surface area contributed by atoms with Gasteiger partial charge in [0.05, 0.1) is 5.57 Å². The third kappa shape index (κ3) is 4.89. The molecule has 2 fully saturated rings. The van der Waals surface area contributed by atoms with Crippen LogP contribution in [-0.2, 0) is 14.4 Å². The number of allylic oxidation sites excluding steroid dienone is 4. The summed E-state index contributed by atoms with van der Waals surface area (Å²) in [6, 6.07) is 2.10. The summed E-state index contributed by atoms with van der Waals surface area (Å²) in [5, 5.41) is 12.2. The van der Waals surface area contributed by atoms with Crippen LogP contribution in [-0.4, -0.2) is 29.2 Å². The molecule has 1 unspecified atom stereocenters. The molecule has 4 aliphatic rings. The molecule has 0 radical (unpaired) electrons. The summed E-state index contributed by atoms with van der Waals surface area (Å²) in [6.07, 6.45) is 3.25. The molecule has 4 aliphatic carbocycles. The lowest BCUT2D eigenvalue weighted by molar-refractivity contribution is -0.176. The lowest BCUT2D eigenvalue weighted by atomic mass is 9.38. The predicted octanol–water partition coefficient (Wildman–Crippen LogP) is 7.42. The van der Waals surface area contributed by atoms with Crippen molar-refractivity contribution in [3.63, 3.8) is 0 Å². The van der Waals surface area contributed by atoms with Crippen molar-refractivity contribution < 1.29 is 27.6 Å². The van der Waals surface area contributed by atoms with Gasteiger partial charge in [-0.15, -0.1) is 0 Å². The molecule has 0 aromatic rings. The van der Waals surface area contributed by atoms with Gasteiger partial charge in [0, 0.05) is 22.3 Å². The summed E-state index contributed by atoms with van der Waals surface area (Å²) >= 11 is 0. The average Bonchev–Trinajstić information content (AvgIpc) is 2.84. The second kappa shape index (κ2) is 9.54. The maximum absolute atomic E-state index is 14.1. The van der Waals surface area contributed by atoms with Crippen LogP contribution in [0.15, 0.2) is 23.3 Å². The van der Waals surface area contributed by atoms with E-state index >= 15 is 0 Å². The molecule has 0 aromatic carbocycles. The molecule has 0 spiro atoms. The van der Waals surface area contributed by atoms with Gasteiger partial charge in [-0.25, -0.2) is 0 Å². The van der Waals surface area contributed by atoms with Gasteiger partial charge in [-0.1, -0.05) is 60.1 Å². The highest BCUT2D eigenvalue weighted by Gasteiger charge is 2.65. The number of carbonyl (C=O) groups excluding carboxylic acids is 3. The Morgan fingerprint density at radius 1 is 0.927 bits per heavy atom. The van der Waals surface area contributed by atoms with Gasteiger partial charge < -0.3 is 5.32 Å². The van der Waals surface area contributed by atoms with E-state index in [1.807, 2.05) is 20.8 Å². The molecule has 226 valence electrons. The molecular weight excluding hydrogens is 529 g/mol. The number of ketones is 2. The number of amides is 1. The first-order chi connectivity index (χ1) is 18.6. The second-order valence-electron chi connectivity index (χ2n) is 15.6. The van der Waals surface area contributed by atoms with Crippen molar-refractivity contribution in [3.8, 4) is 6.07 Å². The van der Waals surface area contributed by atoms with Crippen LogP contribution < -0.4 is 5.32 Å². The number of rotatable bonds is 1. The van der Waals surface area contributed by atoms with Crippen LogP contribution in [0.3, 0.4) is 0 Å². The van der Waals surface area contributed by atoms with Crippen LogP contribution in [0.5, 0.6) is 0 Å². The molecule has 2 saturated carbocycles. The Kier molecular flexibility index (Phi) is 7.33. The summed E-state index contributed by atoms with van der Waals surface area (Å²) < 4.78 is 40.1. The zero-order valence-corrected chi connectivity index (χ0v) is 25.8. The number of nitrogens with zero attached hydrogens (tertiary/aromatic N) is 1. The fourth-order valence-electron chi connectivity index (χ4n) is 9.06. The van der Waals surface area contributed by atoms with Crippen molar-refractivity contribution >= 4 is 17.5 Å². The number of hydrogen-bond acceptors (Lipinski definition) is 4. The molecule has 1 N–H and O–H groups in total. The van der Waals surface area contributed by atoms with Gasteiger partial charge in [0.15, 0.2) is 11.6 Å². The van der Waals surface area contributed by atoms with Gasteiger partial charge in [-0.3, -0.25) is 14.4 Å². The molecule has 0 heterocycles. The molecule has 5 nitrogen and oxygen atoms in total. The van der Waals surface area contributed by atoms with Crippen molar-refractivity contribution in [1.82, 2.24) is 5.32 Å². The summed E-state index contributed by atoms with van der Waals surface area (Å²) in [7, 11) is 0. The third-order valence-corrected chi connectivity index (χ3v) is 12.1. The topological polar surface area (TPSA) is 87.0 Å². The van der Waals surface area contributed by atoms with E-state index in [0.29, 0.717) is 32.1 Å². The van der Waals surface area contributed by atoms with Crippen LogP contribution in [0.4, 0.5) is 13.2 Å². The van der Waals surface area contributed by atoms with Crippen LogP contribution in [0, 0.1) is 50.2 Å². The Hall–Kier alpha value is -2.43. The Morgan fingerprint density at radius 2 is 1.54 bits per heavy atom. The second-order valence-corrected chi connectivity index (χ2v) is 15.6. The summed E-state index contributed by atoms with van der Waals surface area (Å²) in [4.78, 5) is 39.5. The third-order valence-electron chi connectivity index (χ3n) is 12.1. The maximum Gasteiger partial charge on any atom is 0.471 e. The van der Waals surface area contributed by atoms with Crippen LogP contribution in [0.1, 0.15) is 107 Å². The SMILES string of the molecule is CC1(C)CCC2C(=O)C=C3[C@@]4(C)C=C(C#N)C(=O)C(C)(C)[C@@H]4CC[C@@]3(C)[C@]2(C)CC[C@@](C)(NC(=O)C(F)(F)F)CC1. The molecule has 0 bridgehead atoms. The Balaban J connectivity index is 1.85. The first-order valence-electron chi connectivity index (χ1n) is 14.9. The molecule has 1 amide bonds. The monoisotopic (exact) mass is 574 g/mol. The van der Waals surface area contributed by atoms with Crippen LogP contribution in [0.2, 0.25) is 0 Å². The van der Waals surface area contributed by atoms with E-state index < -0.39 is 39.3 Å². The highest BCUT2D eigenvalue weighted by molar-refractivity contribution is 6.04. The average molecular weight is 575 g/mol. The fraction of sp³-hybridized carbons (Fsp3) is 0.758. The van der Waals surface area contributed by atoms with Crippen molar-refractivity contribution in [2.45, 2.75) is 118 Å². The van der Waals surface area contributed by atoms with Gasteiger partial charge in [-0.05, 0) is 86.5 Å². The van der Waals surface area contributed by atoms with E-state index in [9.17, 15) is 32.8 Å². The molecule has 0 aliphatic heterocycles. The molecule has 6 atom stereocenters. The van der Waals surface area contributed by atoms with Gasteiger partial charge in [0.25, 0.3) is 0 Å². The highest BCUT2D eigenvalue weighted by Crippen LogP contribution is 2.70. The molecule has 0 saturated heterocycles. The van der Waals surface area contributed by atoms with Crippen LogP contribution in [0.25, 0.3) is 0 Å². The first-order valence-corrected chi connectivity index (χ1v) is 14.9. The number of carbonyl (C=O) groups is 3. The van der Waals surface area contributed by atoms with E-state index in [1.165, 1.54) is 0 Å². The maximum atomic E-state index is 14.1.